The van der Waals surface area contributed by atoms with Crippen LogP contribution in [0.5, 0.6) is 0 Å². The number of amides is 1. The summed E-state index contributed by atoms with van der Waals surface area (Å²) in [7, 11) is -1.94. The van der Waals surface area contributed by atoms with E-state index in [1.165, 1.54) is 23.7 Å². The van der Waals surface area contributed by atoms with Crippen molar-refractivity contribution in [2.45, 2.75) is 18.8 Å². The van der Waals surface area contributed by atoms with Crippen molar-refractivity contribution in [3.05, 3.63) is 53.5 Å². The van der Waals surface area contributed by atoms with Gasteiger partial charge in [0.2, 0.25) is 10.0 Å². The predicted octanol–water partition coefficient (Wildman–Crippen LogP) is 2.75. The summed E-state index contributed by atoms with van der Waals surface area (Å²) in [5, 5.41) is 7.11. The SMILES string of the molecule is CNC(=O)c1c(-c2ccc(F)cc2)nn2cc(NS(C)(=O)=O)c(C3CC3)cc12. The van der Waals surface area contributed by atoms with Crippen molar-refractivity contribution >= 4 is 27.1 Å². The number of hydrogen-bond donors (Lipinski definition) is 2. The van der Waals surface area contributed by atoms with Crippen LogP contribution in [0, 0.1) is 5.82 Å². The van der Waals surface area contributed by atoms with E-state index < -0.39 is 10.0 Å². The van der Waals surface area contributed by atoms with Crippen LogP contribution >= 0.6 is 0 Å². The number of aromatic nitrogens is 2. The van der Waals surface area contributed by atoms with E-state index in [0.717, 1.165) is 24.7 Å². The molecule has 1 aromatic carbocycles. The van der Waals surface area contributed by atoms with Crippen molar-refractivity contribution in [2.75, 3.05) is 18.0 Å². The molecule has 9 heteroatoms. The molecule has 0 unspecified atom stereocenters. The van der Waals surface area contributed by atoms with E-state index in [9.17, 15) is 17.6 Å². The van der Waals surface area contributed by atoms with Crippen LogP contribution in [-0.4, -0.2) is 37.2 Å². The normalized spacial score (nSPS) is 14.2. The lowest BCUT2D eigenvalue weighted by atomic mass is 10.0. The van der Waals surface area contributed by atoms with Crippen molar-refractivity contribution in [3.8, 4) is 11.3 Å². The molecule has 1 saturated carbocycles. The summed E-state index contributed by atoms with van der Waals surface area (Å²) in [5.74, 6) is -0.458. The topological polar surface area (TPSA) is 92.6 Å². The molecule has 0 aliphatic heterocycles. The van der Waals surface area contributed by atoms with E-state index in [1.54, 1.807) is 18.3 Å². The van der Waals surface area contributed by atoms with E-state index in [0.29, 0.717) is 28.0 Å². The molecule has 1 aliphatic carbocycles. The minimum absolute atomic E-state index is 0.246. The van der Waals surface area contributed by atoms with Crippen molar-refractivity contribution in [3.63, 3.8) is 0 Å². The zero-order chi connectivity index (χ0) is 20.1. The van der Waals surface area contributed by atoms with Gasteiger partial charge < -0.3 is 5.32 Å². The standard InChI is InChI=1S/C19H19FN4O3S/c1-21-19(25)17-16-9-14(11-3-4-11)15(23-28(2,26)27)10-24(16)22-18(17)12-5-7-13(20)8-6-12/h5-11,23H,3-4H2,1-2H3,(H,21,25). The fourth-order valence-electron chi connectivity index (χ4n) is 3.28. The van der Waals surface area contributed by atoms with Crippen LogP contribution < -0.4 is 10.0 Å². The average molecular weight is 402 g/mol. The highest BCUT2D eigenvalue weighted by atomic mass is 32.2. The third-order valence-corrected chi connectivity index (χ3v) is 5.28. The van der Waals surface area contributed by atoms with Gasteiger partial charge in [-0.2, -0.15) is 5.10 Å². The van der Waals surface area contributed by atoms with Gasteiger partial charge in [-0.05, 0) is 54.7 Å². The van der Waals surface area contributed by atoms with E-state index in [-0.39, 0.29) is 17.6 Å². The Kier molecular flexibility index (Phi) is 4.34. The molecule has 28 heavy (non-hydrogen) atoms. The van der Waals surface area contributed by atoms with Crippen LogP contribution in [0.4, 0.5) is 10.1 Å². The van der Waals surface area contributed by atoms with Crippen molar-refractivity contribution < 1.29 is 17.6 Å². The van der Waals surface area contributed by atoms with Crippen LogP contribution in [0.15, 0.2) is 36.5 Å². The Bertz CT molecular complexity index is 1180. The third kappa shape index (κ3) is 3.45. The predicted molar refractivity (Wildman–Crippen MR) is 104 cm³/mol. The van der Waals surface area contributed by atoms with Crippen LogP contribution in [0.1, 0.15) is 34.7 Å². The summed E-state index contributed by atoms with van der Waals surface area (Å²) in [4.78, 5) is 12.6. The summed E-state index contributed by atoms with van der Waals surface area (Å²) < 4.78 is 40.9. The largest absolute Gasteiger partial charge is 0.355 e. The molecular weight excluding hydrogens is 383 g/mol. The highest BCUT2D eigenvalue weighted by Gasteiger charge is 2.29. The number of rotatable bonds is 5. The lowest BCUT2D eigenvalue weighted by molar-refractivity contribution is 0.0965. The van der Waals surface area contributed by atoms with Gasteiger partial charge in [0, 0.05) is 12.6 Å². The first-order chi connectivity index (χ1) is 13.3. The molecule has 0 radical (unpaired) electrons. The second kappa shape index (κ2) is 6.59. The summed E-state index contributed by atoms with van der Waals surface area (Å²) in [5.41, 5.74) is 3.22. The molecule has 0 bridgehead atoms. The zero-order valence-corrected chi connectivity index (χ0v) is 16.2. The van der Waals surface area contributed by atoms with Crippen LogP contribution in [0.3, 0.4) is 0 Å². The van der Waals surface area contributed by atoms with E-state index >= 15 is 0 Å². The highest BCUT2D eigenvalue weighted by molar-refractivity contribution is 7.92. The number of pyridine rings is 1. The lowest BCUT2D eigenvalue weighted by Crippen LogP contribution is -2.18. The Morgan fingerprint density at radius 1 is 1.25 bits per heavy atom. The van der Waals surface area contributed by atoms with Gasteiger partial charge in [-0.25, -0.2) is 17.3 Å². The molecule has 146 valence electrons. The van der Waals surface area contributed by atoms with Gasteiger partial charge in [-0.3, -0.25) is 9.52 Å². The van der Waals surface area contributed by atoms with Crippen LogP contribution in [0.25, 0.3) is 16.8 Å². The molecule has 7 nitrogen and oxygen atoms in total. The number of fused-ring (bicyclic) bond motifs is 1. The molecule has 2 aromatic heterocycles. The number of benzene rings is 1. The van der Waals surface area contributed by atoms with E-state index in [1.807, 2.05) is 6.07 Å². The summed E-state index contributed by atoms with van der Waals surface area (Å²) in [6, 6.07) is 7.54. The number of halogens is 1. The fraction of sp³-hybridized carbons (Fsp3) is 0.263. The Morgan fingerprint density at radius 2 is 1.93 bits per heavy atom. The molecule has 3 aromatic rings. The second-order valence-electron chi connectivity index (χ2n) is 6.93. The maximum atomic E-state index is 13.3. The van der Waals surface area contributed by atoms with E-state index in [4.69, 9.17) is 0 Å². The molecule has 2 N–H and O–H groups in total. The molecule has 0 saturated heterocycles. The average Bonchev–Trinajstić information content (AvgIpc) is 3.41. The molecule has 1 fully saturated rings. The van der Waals surface area contributed by atoms with Gasteiger partial charge >= 0.3 is 0 Å². The Labute approximate surface area is 161 Å². The van der Waals surface area contributed by atoms with Gasteiger partial charge in [0.15, 0.2) is 0 Å². The second-order valence-corrected chi connectivity index (χ2v) is 8.68. The summed E-state index contributed by atoms with van der Waals surface area (Å²) in [6.45, 7) is 0. The van der Waals surface area contributed by atoms with Gasteiger partial charge in [0.25, 0.3) is 5.91 Å². The van der Waals surface area contributed by atoms with Crippen molar-refractivity contribution in [1.82, 2.24) is 14.9 Å². The fourth-order valence-corrected chi connectivity index (χ4v) is 3.85. The lowest BCUT2D eigenvalue weighted by Gasteiger charge is -2.11. The Balaban J connectivity index is 1.97. The number of anilines is 1. The molecule has 4 rings (SSSR count). The zero-order valence-electron chi connectivity index (χ0n) is 15.4. The van der Waals surface area contributed by atoms with Gasteiger partial charge in [0.1, 0.15) is 11.5 Å². The minimum atomic E-state index is -3.47. The molecule has 2 heterocycles. The maximum Gasteiger partial charge on any atom is 0.255 e. The molecule has 0 atom stereocenters. The highest BCUT2D eigenvalue weighted by Crippen LogP contribution is 2.44. The summed E-state index contributed by atoms with van der Waals surface area (Å²) in [6.07, 6.45) is 4.60. The minimum Gasteiger partial charge on any atom is -0.355 e. The number of carbonyl (C=O) groups is 1. The number of hydrogen-bond acceptors (Lipinski definition) is 4. The van der Waals surface area contributed by atoms with Crippen LogP contribution in [-0.2, 0) is 10.0 Å². The molecule has 1 aliphatic rings. The Morgan fingerprint density at radius 3 is 2.50 bits per heavy atom. The smallest absolute Gasteiger partial charge is 0.255 e. The number of sulfonamides is 1. The van der Waals surface area contributed by atoms with Gasteiger partial charge in [0.05, 0.1) is 29.2 Å². The quantitative estimate of drug-likeness (QED) is 0.686. The summed E-state index contributed by atoms with van der Waals surface area (Å²) >= 11 is 0. The van der Waals surface area contributed by atoms with Crippen LogP contribution in [0.2, 0.25) is 0 Å². The Hall–Kier alpha value is -2.94. The molecule has 0 spiro atoms. The van der Waals surface area contributed by atoms with Crippen molar-refractivity contribution in [2.24, 2.45) is 0 Å². The van der Waals surface area contributed by atoms with Gasteiger partial charge in [-0.1, -0.05) is 0 Å². The van der Waals surface area contributed by atoms with Gasteiger partial charge in [-0.15, -0.1) is 0 Å². The molecule has 1 amide bonds. The van der Waals surface area contributed by atoms with Crippen molar-refractivity contribution in [1.29, 1.82) is 0 Å². The first kappa shape index (κ1) is 18.4. The monoisotopic (exact) mass is 402 g/mol. The number of carbonyl (C=O) groups excluding carboxylic acids is 1. The maximum absolute atomic E-state index is 13.3. The number of nitrogens with one attached hydrogen (secondary N) is 2. The van der Waals surface area contributed by atoms with E-state index in [2.05, 4.69) is 15.1 Å². The first-order valence-corrected chi connectivity index (χ1v) is 10.7. The first-order valence-electron chi connectivity index (χ1n) is 8.79. The molecular formula is C19H19FN4O3S. The third-order valence-electron chi connectivity index (χ3n) is 4.69. The number of nitrogens with zero attached hydrogens (tertiary/aromatic N) is 2.